The number of ether oxygens (including phenoxy) is 2. The number of aromatic nitrogens is 4. The number of rotatable bonds is 5. The van der Waals surface area contributed by atoms with Crippen LogP contribution < -0.4 is 9.47 Å². The highest BCUT2D eigenvalue weighted by atomic mass is 19.4. The number of benzene rings is 2. The van der Waals surface area contributed by atoms with E-state index in [1.807, 2.05) is 26.8 Å². The van der Waals surface area contributed by atoms with Crippen LogP contribution in [0.1, 0.15) is 35.4 Å². The van der Waals surface area contributed by atoms with Crippen molar-refractivity contribution in [2.24, 2.45) is 0 Å². The number of nitrogens with one attached hydrogen (secondary N) is 1. The quantitative estimate of drug-likeness (QED) is 0.426. The monoisotopic (exact) mass is 453 g/mol. The molecule has 2 heterocycles. The van der Waals surface area contributed by atoms with Crippen molar-refractivity contribution in [2.45, 2.75) is 33.2 Å². The van der Waals surface area contributed by atoms with Crippen molar-refractivity contribution in [3.8, 4) is 28.8 Å². The molecule has 0 saturated carbocycles. The maximum Gasteiger partial charge on any atom is 0.573 e. The van der Waals surface area contributed by atoms with Gasteiger partial charge in [-0.1, -0.05) is 0 Å². The number of hydrogen-bond donors (Lipinski definition) is 1. The molecule has 1 N–H and O–H groups in total. The summed E-state index contributed by atoms with van der Waals surface area (Å²) in [5.41, 5.74) is 3.97. The molecule has 0 amide bonds. The third-order valence-corrected chi connectivity index (χ3v) is 5.07. The molecule has 0 aliphatic heterocycles. The molecule has 2 aromatic carbocycles. The Balaban J connectivity index is 1.72. The van der Waals surface area contributed by atoms with Crippen molar-refractivity contribution in [2.75, 3.05) is 0 Å². The van der Waals surface area contributed by atoms with Gasteiger partial charge in [0.1, 0.15) is 23.3 Å². The Morgan fingerprint density at radius 1 is 1.09 bits per heavy atom. The number of alkyl halides is 3. The van der Waals surface area contributed by atoms with Crippen molar-refractivity contribution < 1.29 is 22.6 Å². The van der Waals surface area contributed by atoms with Crippen LogP contribution in [0.25, 0.3) is 22.2 Å². The summed E-state index contributed by atoms with van der Waals surface area (Å²) in [7, 11) is 0. The van der Waals surface area contributed by atoms with Gasteiger partial charge in [0.25, 0.3) is 0 Å². The first-order valence-corrected chi connectivity index (χ1v) is 9.89. The van der Waals surface area contributed by atoms with E-state index in [4.69, 9.17) is 4.74 Å². The molecule has 0 spiro atoms. The number of nitriles is 1. The molecule has 0 bridgehead atoms. The number of H-pyrrole nitrogens is 1. The van der Waals surface area contributed by atoms with E-state index in [-0.39, 0.29) is 11.7 Å². The molecule has 0 aliphatic carbocycles. The lowest BCUT2D eigenvalue weighted by atomic mass is 10.0. The van der Waals surface area contributed by atoms with Crippen LogP contribution in [-0.4, -0.2) is 26.8 Å². The smallest absolute Gasteiger partial charge is 0.486 e. The van der Waals surface area contributed by atoms with Crippen molar-refractivity contribution in [3.05, 3.63) is 65.0 Å². The van der Waals surface area contributed by atoms with E-state index in [0.29, 0.717) is 27.9 Å². The van der Waals surface area contributed by atoms with Crippen LogP contribution in [0.15, 0.2) is 42.6 Å². The normalized spacial score (nSPS) is 12.4. The van der Waals surface area contributed by atoms with Crippen LogP contribution in [0.4, 0.5) is 13.2 Å². The first-order valence-electron chi connectivity index (χ1n) is 9.89. The predicted octanol–water partition coefficient (Wildman–Crippen LogP) is 5.55. The Bertz CT molecular complexity index is 1350. The summed E-state index contributed by atoms with van der Waals surface area (Å²) in [6, 6.07) is 10.8. The zero-order chi connectivity index (χ0) is 23.8. The molecule has 168 valence electrons. The molecular weight excluding hydrogens is 435 g/mol. The molecule has 7 nitrogen and oxygen atoms in total. The summed E-state index contributed by atoms with van der Waals surface area (Å²) in [6.45, 7) is 5.68. The fourth-order valence-corrected chi connectivity index (χ4v) is 3.77. The summed E-state index contributed by atoms with van der Waals surface area (Å²) in [4.78, 5) is 0. The number of halogens is 3. The van der Waals surface area contributed by atoms with Crippen molar-refractivity contribution in [1.82, 2.24) is 20.4 Å². The largest absolute Gasteiger partial charge is 0.573 e. The van der Waals surface area contributed by atoms with Gasteiger partial charge >= 0.3 is 6.36 Å². The molecule has 4 aromatic rings. The minimum atomic E-state index is -4.88. The molecule has 33 heavy (non-hydrogen) atoms. The first-order chi connectivity index (χ1) is 15.6. The zero-order valence-electron chi connectivity index (χ0n) is 17.9. The fourth-order valence-electron chi connectivity index (χ4n) is 3.77. The van der Waals surface area contributed by atoms with Gasteiger partial charge in [0, 0.05) is 16.5 Å². The molecule has 2 aromatic heterocycles. The Morgan fingerprint density at radius 3 is 2.58 bits per heavy atom. The van der Waals surface area contributed by atoms with Gasteiger partial charge in [-0.25, -0.2) is 0 Å². The topological polar surface area (TPSA) is 96.7 Å². The van der Waals surface area contributed by atoms with Crippen LogP contribution in [0.3, 0.4) is 0 Å². The highest BCUT2D eigenvalue weighted by Crippen LogP contribution is 2.35. The minimum Gasteiger partial charge on any atom is -0.486 e. The zero-order valence-corrected chi connectivity index (χ0v) is 17.9. The Labute approximate surface area is 186 Å². The van der Waals surface area contributed by atoms with Gasteiger partial charge in [0.05, 0.1) is 29.0 Å². The van der Waals surface area contributed by atoms with Crippen LogP contribution in [0.2, 0.25) is 0 Å². The number of nitrogens with zero attached hydrogens (tertiary/aromatic N) is 4. The summed E-state index contributed by atoms with van der Waals surface area (Å²) >= 11 is 0. The number of aromatic amines is 1. The van der Waals surface area contributed by atoms with E-state index in [1.54, 1.807) is 24.4 Å². The van der Waals surface area contributed by atoms with E-state index in [1.165, 1.54) is 12.1 Å². The summed E-state index contributed by atoms with van der Waals surface area (Å²) in [6.07, 6.45) is -3.53. The summed E-state index contributed by atoms with van der Waals surface area (Å²) in [5, 5.41) is 25.0. The van der Waals surface area contributed by atoms with E-state index >= 15 is 0 Å². The molecule has 10 heteroatoms. The highest BCUT2D eigenvalue weighted by molar-refractivity contribution is 5.94. The summed E-state index contributed by atoms with van der Waals surface area (Å²) < 4.78 is 48.3. The third kappa shape index (κ3) is 4.72. The number of hydrogen-bond acceptors (Lipinski definition) is 6. The molecule has 0 aliphatic rings. The minimum absolute atomic E-state index is 0.0139. The molecule has 0 unspecified atom stereocenters. The Kier molecular flexibility index (Phi) is 5.64. The lowest BCUT2D eigenvalue weighted by Crippen LogP contribution is -2.17. The predicted molar refractivity (Wildman–Crippen MR) is 113 cm³/mol. The van der Waals surface area contributed by atoms with E-state index in [0.717, 1.165) is 22.9 Å². The first kappa shape index (κ1) is 22.1. The van der Waals surface area contributed by atoms with E-state index in [9.17, 15) is 18.4 Å². The molecular formula is C23H18F3N5O2. The molecule has 0 radical (unpaired) electrons. The second-order valence-electron chi connectivity index (χ2n) is 7.47. The van der Waals surface area contributed by atoms with Gasteiger partial charge in [-0.2, -0.15) is 20.6 Å². The standard InChI is InChI=1S/C23H18F3N5O2/c1-12-11-28-29-13(2)21(12)14(3)32-17-4-5-20-19(9-17)22(31-30-20)16-6-15(10-27)7-18(8-16)33-23(24,25)26/h4-9,11,14H,1-3H3,(H,30,31)/t14-/m1/s1. The fraction of sp³-hybridized carbons (Fsp3) is 0.217. The van der Waals surface area contributed by atoms with Crippen LogP contribution >= 0.6 is 0 Å². The lowest BCUT2D eigenvalue weighted by molar-refractivity contribution is -0.274. The Hall–Kier alpha value is -4.13. The molecule has 1 atom stereocenters. The second kappa shape index (κ2) is 8.43. The van der Waals surface area contributed by atoms with Gasteiger partial charge in [0.15, 0.2) is 0 Å². The lowest BCUT2D eigenvalue weighted by Gasteiger charge is -2.18. The molecule has 0 fully saturated rings. The van der Waals surface area contributed by atoms with Gasteiger partial charge < -0.3 is 9.47 Å². The van der Waals surface area contributed by atoms with Gasteiger partial charge in [-0.15, -0.1) is 13.2 Å². The van der Waals surface area contributed by atoms with Crippen molar-refractivity contribution in [1.29, 1.82) is 5.26 Å². The van der Waals surface area contributed by atoms with E-state index < -0.39 is 12.1 Å². The average molecular weight is 453 g/mol. The van der Waals surface area contributed by atoms with Crippen molar-refractivity contribution in [3.63, 3.8) is 0 Å². The van der Waals surface area contributed by atoms with Crippen LogP contribution in [0.5, 0.6) is 11.5 Å². The SMILES string of the molecule is Cc1cnnc(C)c1[C@@H](C)Oc1ccc2[nH]nc(-c3cc(C#N)cc(OC(F)(F)F)c3)c2c1. The number of fused-ring (bicyclic) bond motifs is 1. The van der Waals surface area contributed by atoms with E-state index in [2.05, 4.69) is 25.1 Å². The van der Waals surface area contributed by atoms with Gasteiger partial charge in [-0.3, -0.25) is 5.10 Å². The van der Waals surface area contributed by atoms with Gasteiger partial charge in [0.2, 0.25) is 0 Å². The van der Waals surface area contributed by atoms with Crippen molar-refractivity contribution >= 4 is 10.9 Å². The maximum atomic E-state index is 12.7. The third-order valence-electron chi connectivity index (χ3n) is 5.07. The van der Waals surface area contributed by atoms with Crippen LogP contribution in [0, 0.1) is 25.2 Å². The maximum absolute atomic E-state index is 12.7. The molecule has 4 rings (SSSR count). The summed E-state index contributed by atoms with van der Waals surface area (Å²) in [5.74, 6) is 0.0429. The highest BCUT2D eigenvalue weighted by Gasteiger charge is 2.31. The molecule has 0 saturated heterocycles. The second-order valence-corrected chi connectivity index (χ2v) is 7.47. The van der Waals surface area contributed by atoms with Gasteiger partial charge in [-0.05, 0) is 62.7 Å². The van der Waals surface area contributed by atoms with Crippen LogP contribution in [-0.2, 0) is 0 Å². The number of aryl methyl sites for hydroxylation is 2. The Morgan fingerprint density at radius 2 is 1.88 bits per heavy atom. The average Bonchev–Trinajstić information content (AvgIpc) is 3.15.